The number of nitrogens with one attached hydrogen (secondary N) is 1. The standard InChI is InChI=1S/C13H19ClN4O/c1-3-7-18-13(16-9-17-18)8-10(15-4-2)11-5-6-12(14)19-11/h5-6,9-10,15H,3-4,7-8H2,1-2H3. The van der Waals surface area contributed by atoms with Crippen LogP contribution in [0, 0.1) is 0 Å². The van der Waals surface area contributed by atoms with Crippen LogP contribution in [-0.4, -0.2) is 21.3 Å². The van der Waals surface area contributed by atoms with Crippen molar-refractivity contribution < 1.29 is 4.42 Å². The average Bonchev–Trinajstić information content (AvgIpc) is 2.99. The summed E-state index contributed by atoms with van der Waals surface area (Å²) in [5.41, 5.74) is 0. The Morgan fingerprint density at radius 2 is 2.26 bits per heavy atom. The van der Waals surface area contributed by atoms with Gasteiger partial charge in [0.25, 0.3) is 0 Å². The van der Waals surface area contributed by atoms with Crippen molar-refractivity contribution in [3.05, 3.63) is 35.3 Å². The van der Waals surface area contributed by atoms with Gasteiger partial charge in [0.15, 0.2) is 5.22 Å². The van der Waals surface area contributed by atoms with Crippen molar-refractivity contribution in [2.75, 3.05) is 6.54 Å². The molecule has 104 valence electrons. The van der Waals surface area contributed by atoms with E-state index in [4.69, 9.17) is 16.0 Å². The topological polar surface area (TPSA) is 55.9 Å². The Kier molecular flexibility index (Phi) is 4.99. The van der Waals surface area contributed by atoms with Gasteiger partial charge in [0.1, 0.15) is 17.9 Å². The van der Waals surface area contributed by atoms with Crippen molar-refractivity contribution in [3.8, 4) is 0 Å². The Morgan fingerprint density at radius 1 is 1.42 bits per heavy atom. The molecule has 0 aliphatic heterocycles. The first kappa shape index (κ1) is 14.1. The van der Waals surface area contributed by atoms with Crippen LogP contribution in [0.25, 0.3) is 0 Å². The molecule has 0 amide bonds. The van der Waals surface area contributed by atoms with Crippen LogP contribution in [0.15, 0.2) is 22.9 Å². The quantitative estimate of drug-likeness (QED) is 0.848. The van der Waals surface area contributed by atoms with Crippen molar-refractivity contribution in [1.29, 1.82) is 0 Å². The Labute approximate surface area is 118 Å². The lowest BCUT2D eigenvalue weighted by molar-refractivity contribution is 0.405. The minimum absolute atomic E-state index is 0.0670. The van der Waals surface area contributed by atoms with Gasteiger partial charge < -0.3 is 9.73 Å². The largest absolute Gasteiger partial charge is 0.448 e. The van der Waals surface area contributed by atoms with Crippen molar-refractivity contribution in [3.63, 3.8) is 0 Å². The molecule has 0 aliphatic rings. The fourth-order valence-corrected chi connectivity index (χ4v) is 2.21. The molecular weight excluding hydrogens is 264 g/mol. The van der Waals surface area contributed by atoms with E-state index in [1.165, 1.54) is 0 Å². The van der Waals surface area contributed by atoms with E-state index >= 15 is 0 Å². The van der Waals surface area contributed by atoms with Gasteiger partial charge >= 0.3 is 0 Å². The molecule has 0 spiro atoms. The lowest BCUT2D eigenvalue weighted by Crippen LogP contribution is -2.24. The Bertz CT molecular complexity index is 508. The Hall–Kier alpha value is -1.33. The summed E-state index contributed by atoms with van der Waals surface area (Å²) in [7, 11) is 0. The second-order valence-electron chi connectivity index (χ2n) is 4.36. The van der Waals surface area contributed by atoms with Crippen LogP contribution < -0.4 is 5.32 Å². The van der Waals surface area contributed by atoms with Crippen molar-refractivity contribution >= 4 is 11.6 Å². The average molecular weight is 283 g/mol. The molecule has 2 rings (SSSR count). The molecule has 0 radical (unpaired) electrons. The molecule has 2 aromatic rings. The van der Waals surface area contributed by atoms with E-state index in [0.717, 1.165) is 37.5 Å². The maximum absolute atomic E-state index is 5.84. The minimum atomic E-state index is 0.0670. The number of halogens is 1. The second kappa shape index (κ2) is 6.73. The number of furan rings is 1. The van der Waals surface area contributed by atoms with Crippen LogP contribution in [0.2, 0.25) is 5.22 Å². The van der Waals surface area contributed by atoms with E-state index in [1.54, 1.807) is 12.4 Å². The second-order valence-corrected chi connectivity index (χ2v) is 4.73. The number of likely N-dealkylation sites (N-methyl/N-ethyl adjacent to an activating group) is 1. The number of hydrogen-bond donors (Lipinski definition) is 1. The van der Waals surface area contributed by atoms with Crippen LogP contribution in [0.3, 0.4) is 0 Å². The molecule has 0 fully saturated rings. The monoisotopic (exact) mass is 282 g/mol. The minimum Gasteiger partial charge on any atom is -0.448 e. The molecule has 6 heteroatoms. The first-order valence-corrected chi connectivity index (χ1v) is 6.97. The smallest absolute Gasteiger partial charge is 0.193 e. The zero-order valence-corrected chi connectivity index (χ0v) is 12.0. The van der Waals surface area contributed by atoms with Gasteiger partial charge in [-0.05, 0) is 36.7 Å². The first-order chi connectivity index (χ1) is 9.24. The van der Waals surface area contributed by atoms with E-state index in [2.05, 4.69) is 29.2 Å². The molecule has 1 unspecified atom stereocenters. The van der Waals surface area contributed by atoms with Crippen LogP contribution in [0.1, 0.15) is 37.9 Å². The predicted octanol–water partition coefficient (Wildman–Crippen LogP) is 2.83. The highest BCUT2D eigenvalue weighted by molar-refractivity contribution is 6.28. The summed E-state index contributed by atoms with van der Waals surface area (Å²) in [5.74, 6) is 1.79. The highest BCUT2D eigenvalue weighted by atomic mass is 35.5. The zero-order chi connectivity index (χ0) is 13.7. The molecule has 0 saturated heterocycles. The molecule has 1 atom stereocenters. The summed E-state index contributed by atoms with van der Waals surface area (Å²) >= 11 is 5.84. The zero-order valence-electron chi connectivity index (χ0n) is 11.3. The van der Waals surface area contributed by atoms with Gasteiger partial charge in [0.05, 0.1) is 6.04 Å². The number of rotatable bonds is 7. The van der Waals surface area contributed by atoms with E-state index in [-0.39, 0.29) is 6.04 Å². The summed E-state index contributed by atoms with van der Waals surface area (Å²) in [6.07, 6.45) is 3.37. The molecule has 1 N–H and O–H groups in total. The normalized spacial score (nSPS) is 12.8. The van der Waals surface area contributed by atoms with Gasteiger partial charge in [0.2, 0.25) is 0 Å². The lowest BCUT2D eigenvalue weighted by Gasteiger charge is -2.15. The summed E-state index contributed by atoms with van der Waals surface area (Å²) < 4.78 is 7.43. The summed E-state index contributed by atoms with van der Waals surface area (Å²) in [6, 6.07) is 3.73. The highest BCUT2D eigenvalue weighted by Crippen LogP contribution is 2.22. The third-order valence-electron chi connectivity index (χ3n) is 2.91. The Balaban J connectivity index is 2.14. The van der Waals surface area contributed by atoms with Gasteiger partial charge in [-0.25, -0.2) is 4.98 Å². The SMILES string of the molecule is CCCn1ncnc1CC(NCC)c1ccc(Cl)o1. The van der Waals surface area contributed by atoms with Crippen molar-refractivity contribution in [1.82, 2.24) is 20.1 Å². The van der Waals surface area contributed by atoms with Crippen LogP contribution in [0.4, 0.5) is 0 Å². The van der Waals surface area contributed by atoms with Gasteiger partial charge in [0, 0.05) is 13.0 Å². The first-order valence-electron chi connectivity index (χ1n) is 6.59. The number of aryl methyl sites for hydroxylation is 1. The van der Waals surface area contributed by atoms with Gasteiger partial charge in [-0.2, -0.15) is 5.10 Å². The van der Waals surface area contributed by atoms with Gasteiger partial charge in [-0.3, -0.25) is 4.68 Å². The molecule has 0 aliphatic carbocycles. The highest BCUT2D eigenvalue weighted by Gasteiger charge is 2.18. The molecule has 5 nitrogen and oxygen atoms in total. The summed E-state index contributed by atoms with van der Waals surface area (Å²) in [4.78, 5) is 4.33. The van der Waals surface area contributed by atoms with E-state index in [9.17, 15) is 0 Å². The maximum Gasteiger partial charge on any atom is 0.193 e. The molecule has 0 aromatic carbocycles. The maximum atomic E-state index is 5.84. The van der Waals surface area contributed by atoms with E-state index in [0.29, 0.717) is 5.22 Å². The van der Waals surface area contributed by atoms with Gasteiger partial charge in [-0.1, -0.05) is 13.8 Å². The van der Waals surface area contributed by atoms with Crippen molar-refractivity contribution in [2.24, 2.45) is 0 Å². The van der Waals surface area contributed by atoms with E-state index < -0.39 is 0 Å². The molecule has 2 heterocycles. The van der Waals surface area contributed by atoms with Crippen LogP contribution in [-0.2, 0) is 13.0 Å². The summed E-state index contributed by atoms with van der Waals surface area (Å²) in [6.45, 7) is 5.92. The van der Waals surface area contributed by atoms with Crippen LogP contribution >= 0.6 is 11.6 Å². The third-order valence-corrected chi connectivity index (χ3v) is 3.11. The fourth-order valence-electron chi connectivity index (χ4n) is 2.06. The van der Waals surface area contributed by atoms with Crippen LogP contribution in [0.5, 0.6) is 0 Å². The van der Waals surface area contributed by atoms with Gasteiger partial charge in [-0.15, -0.1) is 0 Å². The molecule has 19 heavy (non-hydrogen) atoms. The summed E-state index contributed by atoms with van der Waals surface area (Å²) in [5, 5.41) is 8.04. The van der Waals surface area contributed by atoms with Crippen molar-refractivity contribution in [2.45, 2.75) is 39.3 Å². The van der Waals surface area contributed by atoms with E-state index in [1.807, 2.05) is 10.7 Å². The number of hydrogen-bond acceptors (Lipinski definition) is 4. The third kappa shape index (κ3) is 3.58. The number of aromatic nitrogens is 3. The molecular formula is C13H19ClN4O. The fraction of sp³-hybridized carbons (Fsp3) is 0.538. The number of nitrogens with zero attached hydrogens (tertiary/aromatic N) is 3. The molecule has 0 saturated carbocycles. The predicted molar refractivity (Wildman–Crippen MR) is 74.2 cm³/mol. The lowest BCUT2D eigenvalue weighted by atomic mass is 10.1. The Morgan fingerprint density at radius 3 is 2.89 bits per heavy atom. The molecule has 0 bridgehead atoms. The molecule has 2 aromatic heterocycles.